The molecule has 1 aliphatic heterocycles. The molecule has 1 heterocycles. The number of ether oxygens (including phenoxy) is 2. The second-order valence-electron chi connectivity index (χ2n) is 10.3. The fourth-order valence-corrected chi connectivity index (χ4v) is 5.76. The van der Waals surface area contributed by atoms with E-state index in [0.717, 1.165) is 21.0 Å². The minimum absolute atomic E-state index is 0.0364. The first-order valence-electron chi connectivity index (χ1n) is 13.7. The number of amides is 2. The second kappa shape index (κ2) is 13.1. The van der Waals surface area contributed by atoms with Crippen LogP contribution >= 0.6 is 0 Å². The summed E-state index contributed by atoms with van der Waals surface area (Å²) < 4.78 is 38.5. The van der Waals surface area contributed by atoms with E-state index < -0.39 is 28.5 Å². The lowest BCUT2D eigenvalue weighted by Gasteiger charge is -2.34. The van der Waals surface area contributed by atoms with E-state index in [1.807, 2.05) is 75.4 Å². The van der Waals surface area contributed by atoms with Gasteiger partial charge in [-0.05, 0) is 51.0 Å². The summed E-state index contributed by atoms with van der Waals surface area (Å²) >= 11 is 0. The number of hydrogen-bond acceptors (Lipinski definition) is 6. The highest BCUT2D eigenvalue weighted by atomic mass is 32.2. The van der Waals surface area contributed by atoms with Crippen LogP contribution in [0.4, 0.5) is 5.69 Å². The predicted octanol–water partition coefficient (Wildman–Crippen LogP) is 4.04. The molecule has 10 heteroatoms. The highest BCUT2D eigenvalue weighted by Crippen LogP contribution is 2.36. The van der Waals surface area contributed by atoms with Gasteiger partial charge in [-0.3, -0.25) is 13.9 Å². The Labute approximate surface area is 242 Å². The molecule has 1 N–H and O–H groups in total. The van der Waals surface area contributed by atoms with Gasteiger partial charge in [0.15, 0.2) is 11.5 Å². The van der Waals surface area contributed by atoms with Gasteiger partial charge in [0.05, 0.1) is 11.4 Å². The van der Waals surface area contributed by atoms with Crippen LogP contribution < -0.4 is 19.1 Å². The number of sulfonamides is 1. The highest BCUT2D eigenvalue weighted by Gasteiger charge is 2.34. The van der Waals surface area contributed by atoms with Crippen molar-refractivity contribution in [1.82, 2.24) is 10.2 Å². The van der Waals surface area contributed by atoms with Gasteiger partial charge in [0.1, 0.15) is 12.6 Å². The molecule has 218 valence electrons. The van der Waals surface area contributed by atoms with Crippen LogP contribution in [-0.4, -0.2) is 56.3 Å². The average Bonchev–Trinajstić information content (AvgIpc) is 3.41. The number of aryl methyl sites for hydroxylation is 1. The molecule has 9 nitrogen and oxygen atoms in total. The van der Waals surface area contributed by atoms with E-state index in [-0.39, 0.29) is 43.1 Å². The third kappa shape index (κ3) is 7.58. The Balaban J connectivity index is 1.75. The largest absolute Gasteiger partial charge is 0.454 e. The van der Waals surface area contributed by atoms with Gasteiger partial charge >= 0.3 is 0 Å². The van der Waals surface area contributed by atoms with E-state index in [9.17, 15) is 18.0 Å². The van der Waals surface area contributed by atoms with Crippen LogP contribution in [0.2, 0.25) is 0 Å². The topological polar surface area (TPSA) is 105 Å². The van der Waals surface area contributed by atoms with Crippen LogP contribution in [0.3, 0.4) is 0 Å². The molecule has 0 spiro atoms. The molecule has 0 radical (unpaired) electrons. The molecular formula is C31H37N3O6S. The number of hydrogen-bond donors (Lipinski definition) is 1. The van der Waals surface area contributed by atoms with Gasteiger partial charge in [-0.2, -0.15) is 0 Å². The molecular weight excluding hydrogens is 542 g/mol. The molecule has 3 aromatic carbocycles. The van der Waals surface area contributed by atoms with Gasteiger partial charge in [0.25, 0.3) is 0 Å². The molecule has 1 aliphatic rings. The highest BCUT2D eigenvalue weighted by molar-refractivity contribution is 7.92. The van der Waals surface area contributed by atoms with Crippen LogP contribution in [-0.2, 0) is 32.6 Å². The van der Waals surface area contributed by atoms with E-state index in [0.29, 0.717) is 11.5 Å². The monoisotopic (exact) mass is 579 g/mol. The van der Waals surface area contributed by atoms with Crippen molar-refractivity contribution in [2.24, 2.45) is 0 Å². The van der Waals surface area contributed by atoms with E-state index >= 15 is 0 Å². The zero-order valence-corrected chi connectivity index (χ0v) is 24.7. The Kier molecular flexibility index (Phi) is 9.54. The summed E-state index contributed by atoms with van der Waals surface area (Å²) in [6.45, 7) is 6.89. The lowest BCUT2D eigenvalue weighted by Crippen LogP contribution is -2.54. The lowest BCUT2D eigenvalue weighted by molar-refractivity contribution is -0.140. The van der Waals surface area contributed by atoms with Crippen LogP contribution in [0.5, 0.6) is 11.5 Å². The summed E-state index contributed by atoms with van der Waals surface area (Å²) in [5.41, 5.74) is 3.01. The van der Waals surface area contributed by atoms with Crippen molar-refractivity contribution in [2.45, 2.75) is 52.7 Å². The Morgan fingerprint density at radius 1 is 0.927 bits per heavy atom. The molecule has 41 heavy (non-hydrogen) atoms. The van der Waals surface area contributed by atoms with Crippen molar-refractivity contribution >= 4 is 27.5 Å². The fourth-order valence-electron chi connectivity index (χ4n) is 4.70. The molecule has 1 unspecified atom stereocenters. The molecule has 0 saturated heterocycles. The molecule has 0 saturated carbocycles. The predicted molar refractivity (Wildman–Crippen MR) is 158 cm³/mol. The maximum Gasteiger partial charge on any atom is 0.244 e. The summed E-state index contributed by atoms with van der Waals surface area (Å²) in [6, 6.07) is 20.9. The SMILES string of the molecule is CCS(=O)(=O)N(CC(=O)N(Cc1cccc(C)c1)C(Cc1ccccc1)C(=O)NC(C)C)c1ccc2c(c1)OCO2. The summed E-state index contributed by atoms with van der Waals surface area (Å²) in [5.74, 6) is -0.114. The van der Waals surface area contributed by atoms with Crippen molar-refractivity contribution in [3.63, 3.8) is 0 Å². The van der Waals surface area contributed by atoms with Gasteiger partial charge in [-0.1, -0.05) is 60.2 Å². The van der Waals surface area contributed by atoms with E-state index in [1.54, 1.807) is 18.2 Å². The minimum atomic E-state index is -3.87. The van der Waals surface area contributed by atoms with E-state index in [1.165, 1.54) is 11.8 Å². The van der Waals surface area contributed by atoms with Gasteiger partial charge in [0, 0.05) is 25.1 Å². The summed E-state index contributed by atoms with van der Waals surface area (Å²) in [4.78, 5) is 29.3. The zero-order chi connectivity index (χ0) is 29.6. The van der Waals surface area contributed by atoms with Crippen molar-refractivity contribution in [3.05, 3.63) is 89.5 Å². The van der Waals surface area contributed by atoms with Crippen LogP contribution in [0.25, 0.3) is 0 Å². The molecule has 1 atom stereocenters. The third-order valence-electron chi connectivity index (χ3n) is 6.76. The second-order valence-corrected chi connectivity index (χ2v) is 12.5. The number of nitrogens with one attached hydrogen (secondary N) is 1. The van der Waals surface area contributed by atoms with Crippen LogP contribution in [0.15, 0.2) is 72.8 Å². The van der Waals surface area contributed by atoms with Crippen LogP contribution in [0, 0.1) is 6.92 Å². The summed E-state index contributed by atoms with van der Waals surface area (Å²) in [7, 11) is -3.87. The smallest absolute Gasteiger partial charge is 0.244 e. The van der Waals surface area contributed by atoms with Crippen LogP contribution in [0.1, 0.15) is 37.5 Å². The van der Waals surface area contributed by atoms with Crippen molar-refractivity contribution in [3.8, 4) is 11.5 Å². The van der Waals surface area contributed by atoms with E-state index in [2.05, 4.69) is 5.32 Å². The maximum atomic E-state index is 14.2. The van der Waals surface area contributed by atoms with E-state index in [4.69, 9.17) is 9.47 Å². The maximum absolute atomic E-state index is 14.2. The molecule has 0 bridgehead atoms. The number of nitrogens with zero attached hydrogens (tertiary/aromatic N) is 2. The Bertz CT molecular complexity index is 1480. The average molecular weight is 580 g/mol. The molecule has 0 fully saturated rings. The Morgan fingerprint density at radius 3 is 2.32 bits per heavy atom. The Morgan fingerprint density at radius 2 is 1.63 bits per heavy atom. The fraction of sp³-hybridized carbons (Fsp3) is 0.355. The number of fused-ring (bicyclic) bond motifs is 1. The number of rotatable bonds is 12. The summed E-state index contributed by atoms with van der Waals surface area (Å²) in [6.07, 6.45) is 0.265. The first-order valence-corrected chi connectivity index (χ1v) is 15.3. The molecule has 2 amide bonds. The van der Waals surface area contributed by atoms with Crippen molar-refractivity contribution in [1.29, 1.82) is 0 Å². The minimum Gasteiger partial charge on any atom is -0.454 e. The van der Waals surface area contributed by atoms with Gasteiger partial charge in [-0.15, -0.1) is 0 Å². The molecule has 3 aromatic rings. The number of anilines is 1. The number of carbonyl (C=O) groups excluding carboxylic acids is 2. The lowest BCUT2D eigenvalue weighted by atomic mass is 10.0. The summed E-state index contributed by atoms with van der Waals surface area (Å²) in [5, 5.41) is 2.96. The quantitative estimate of drug-likeness (QED) is 0.347. The van der Waals surface area contributed by atoms with Gasteiger partial charge in [0.2, 0.25) is 28.6 Å². The molecule has 0 aliphatic carbocycles. The van der Waals surface area contributed by atoms with Gasteiger partial charge < -0.3 is 19.7 Å². The Hall–Kier alpha value is -4.05. The first-order chi connectivity index (χ1) is 19.6. The normalized spacial score (nSPS) is 13.1. The third-order valence-corrected chi connectivity index (χ3v) is 8.50. The zero-order valence-electron chi connectivity index (χ0n) is 23.9. The number of benzene rings is 3. The first kappa shape index (κ1) is 29.9. The standard InChI is InChI=1S/C31H37N3O6S/c1-5-41(37,38)34(26-14-15-28-29(18-26)40-21-39-28)20-30(35)33(19-25-13-9-10-23(4)16-25)27(31(36)32-22(2)3)17-24-11-7-6-8-12-24/h6-16,18,22,27H,5,17,19-21H2,1-4H3,(H,32,36). The van der Waals surface area contributed by atoms with Crippen molar-refractivity contribution in [2.75, 3.05) is 23.4 Å². The molecule has 0 aromatic heterocycles. The molecule has 4 rings (SSSR count). The van der Waals surface area contributed by atoms with Crippen molar-refractivity contribution < 1.29 is 27.5 Å². The van der Waals surface area contributed by atoms with Gasteiger partial charge in [-0.25, -0.2) is 8.42 Å². The number of carbonyl (C=O) groups is 2.